The highest BCUT2D eigenvalue weighted by molar-refractivity contribution is 7.89. The lowest BCUT2D eigenvalue weighted by molar-refractivity contribution is 0.0730. The first-order valence-corrected chi connectivity index (χ1v) is 11.4. The maximum atomic E-state index is 14.5. The van der Waals surface area contributed by atoms with Crippen molar-refractivity contribution >= 4 is 15.7 Å². The van der Waals surface area contributed by atoms with Crippen molar-refractivity contribution in [2.24, 2.45) is 5.92 Å². The van der Waals surface area contributed by atoms with E-state index in [0.29, 0.717) is 32.0 Å². The lowest BCUT2D eigenvalue weighted by Gasteiger charge is -2.37. The summed E-state index contributed by atoms with van der Waals surface area (Å²) in [5.74, 6) is 0.201. The summed E-state index contributed by atoms with van der Waals surface area (Å²) >= 11 is 0. The van der Waals surface area contributed by atoms with Crippen LogP contribution in [0.15, 0.2) is 59.5 Å². The van der Waals surface area contributed by atoms with E-state index >= 15 is 0 Å². The number of sulfonamides is 1. The Labute approximate surface area is 170 Å². The molecule has 0 spiro atoms. The van der Waals surface area contributed by atoms with Crippen molar-refractivity contribution < 1.29 is 17.5 Å². The third-order valence-corrected chi connectivity index (χ3v) is 8.11. The molecule has 5 nitrogen and oxygen atoms in total. The number of allylic oxidation sites excluding steroid dienone is 2. The molecule has 2 heterocycles. The zero-order valence-corrected chi connectivity index (χ0v) is 16.7. The van der Waals surface area contributed by atoms with Gasteiger partial charge in [-0.25, -0.2) is 12.8 Å². The largest absolute Gasteiger partial charge is 0.379 e. The van der Waals surface area contributed by atoms with Gasteiger partial charge < -0.3 is 10.1 Å². The minimum absolute atomic E-state index is 0.0699. The van der Waals surface area contributed by atoms with Crippen LogP contribution in [0.2, 0.25) is 0 Å². The quantitative estimate of drug-likeness (QED) is 0.779. The lowest BCUT2D eigenvalue weighted by atomic mass is 9.77. The first-order valence-electron chi connectivity index (χ1n) is 9.95. The van der Waals surface area contributed by atoms with Gasteiger partial charge in [0.1, 0.15) is 5.82 Å². The lowest BCUT2D eigenvalue weighted by Crippen LogP contribution is -2.40. The van der Waals surface area contributed by atoms with Crippen molar-refractivity contribution in [2.45, 2.75) is 23.3 Å². The molecule has 0 bridgehead atoms. The molecular weight excluding hydrogens is 391 g/mol. The Kier molecular flexibility index (Phi) is 4.69. The predicted octanol–water partition coefficient (Wildman–Crippen LogP) is 3.67. The summed E-state index contributed by atoms with van der Waals surface area (Å²) in [5, 5.41) is 3.38. The number of ether oxygens (including phenoxy) is 1. The summed E-state index contributed by atoms with van der Waals surface area (Å²) in [4.78, 5) is 0.284. The first-order chi connectivity index (χ1) is 14.1. The van der Waals surface area contributed by atoms with E-state index in [-0.39, 0.29) is 28.6 Å². The molecule has 2 aromatic rings. The van der Waals surface area contributed by atoms with Crippen LogP contribution in [0.3, 0.4) is 0 Å². The zero-order valence-electron chi connectivity index (χ0n) is 15.9. The van der Waals surface area contributed by atoms with Crippen LogP contribution in [0.25, 0.3) is 0 Å². The molecule has 1 N–H and O–H groups in total. The second kappa shape index (κ2) is 7.23. The number of nitrogens with one attached hydrogen (secondary N) is 1. The Bertz CT molecular complexity index is 1050. The van der Waals surface area contributed by atoms with Crippen LogP contribution in [0.5, 0.6) is 0 Å². The van der Waals surface area contributed by atoms with Gasteiger partial charge in [-0.05, 0) is 41.7 Å². The number of fused-ring (bicyclic) bond motifs is 3. The number of hydrogen-bond acceptors (Lipinski definition) is 4. The van der Waals surface area contributed by atoms with Crippen molar-refractivity contribution in [1.29, 1.82) is 0 Å². The van der Waals surface area contributed by atoms with Gasteiger partial charge in [-0.2, -0.15) is 4.31 Å². The van der Waals surface area contributed by atoms with E-state index in [4.69, 9.17) is 4.74 Å². The van der Waals surface area contributed by atoms with Gasteiger partial charge in [-0.3, -0.25) is 0 Å². The number of anilines is 1. The molecule has 1 saturated heterocycles. The number of para-hydroxylation sites is 1. The maximum absolute atomic E-state index is 14.5. The van der Waals surface area contributed by atoms with E-state index in [1.165, 1.54) is 10.4 Å². The van der Waals surface area contributed by atoms with Crippen LogP contribution in [0.1, 0.15) is 29.5 Å². The fourth-order valence-corrected chi connectivity index (χ4v) is 6.10. The normalized spacial score (nSPS) is 26.6. The van der Waals surface area contributed by atoms with E-state index in [1.54, 1.807) is 18.2 Å². The van der Waals surface area contributed by atoms with Gasteiger partial charge in [-0.1, -0.05) is 36.4 Å². The fourth-order valence-electron chi connectivity index (χ4n) is 4.70. The van der Waals surface area contributed by atoms with Gasteiger partial charge in [0.05, 0.1) is 29.8 Å². The van der Waals surface area contributed by atoms with E-state index in [2.05, 4.69) is 17.5 Å². The van der Waals surface area contributed by atoms with Gasteiger partial charge in [0.25, 0.3) is 0 Å². The molecule has 1 aliphatic carbocycles. The Balaban J connectivity index is 1.45. The van der Waals surface area contributed by atoms with Gasteiger partial charge in [-0.15, -0.1) is 0 Å². The van der Waals surface area contributed by atoms with Crippen molar-refractivity contribution in [2.75, 3.05) is 31.6 Å². The zero-order chi connectivity index (χ0) is 20.0. The summed E-state index contributed by atoms with van der Waals surface area (Å²) in [6.45, 7) is 1.59. The molecule has 1 fully saturated rings. The fraction of sp³-hybridized carbons (Fsp3) is 0.364. The van der Waals surface area contributed by atoms with Gasteiger partial charge in [0, 0.05) is 19.0 Å². The Morgan fingerprint density at radius 1 is 1.07 bits per heavy atom. The van der Waals surface area contributed by atoms with Crippen LogP contribution < -0.4 is 5.32 Å². The molecule has 5 rings (SSSR count). The minimum atomic E-state index is -3.52. The van der Waals surface area contributed by atoms with E-state index in [1.807, 2.05) is 18.2 Å². The van der Waals surface area contributed by atoms with Crippen LogP contribution in [0, 0.1) is 11.7 Å². The number of nitrogens with zero attached hydrogens (tertiary/aromatic N) is 1. The van der Waals surface area contributed by atoms with Crippen molar-refractivity contribution in [3.63, 3.8) is 0 Å². The van der Waals surface area contributed by atoms with Crippen LogP contribution in [-0.2, 0) is 14.8 Å². The molecule has 3 aliphatic rings. The highest BCUT2D eigenvalue weighted by Gasteiger charge is 2.39. The first kappa shape index (κ1) is 18.8. The molecule has 0 unspecified atom stereocenters. The smallest absolute Gasteiger partial charge is 0.243 e. The number of rotatable bonds is 3. The highest BCUT2D eigenvalue weighted by Crippen LogP contribution is 2.50. The molecule has 0 amide bonds. The topological polar surface area (TPSA) is 58.6 Å². The molecular formula is C22H23FN2O3S. The monoisotopic (exact) mass is 414 g/mol. The van der Waals surface area contributed by atoms with E-state index in [9.17, 15) is 12.8 Å². The highest BCUT2D eigenvalue weighted by atomic mass is 32.2. The van der Waals surface area contributed by atoms with Gasteiger partial charge >= 0.3 is 0 Å². The average molecular weight is 415 g/mol. The van der Waals surface area contributed by atoms with Crippen molar-refractivity contribution in [3.05, 3.63) is 71.6 Å². The molecule has 2 aliphatic heterocycles. The van der Waals surface area contributed by atoms with Gasteiger partial charge in [0.2, 0.25) is 10.0 Å². The number of halogens is 1. The minimum Gasteiger partial charge on any atom is -0.379 e. The average Bonchev–Trinajstić information content (AvgIpc) is 3.25. The van der Waals surface area contributed by atoms with Gasteiger partial charge in [0.15, 0.2) is 0 Å². The molecule has 0 saturated carbocycles. The third kappa shape index (κ3) is 3.17. The van der Waals surface area contributed by atoms with Crippen molar-refractivity contribution in [3.8, 4) is 0 Å². The molecule has 0 radical (unpaired) electrons. The molecule has 7 heteroatoms. The summed E-state index contributed by atoms with van der Waals surface area (Å²) < 4.78 is 46.9. The van der Waals surface area contributed by atoms with Crippen LogP contribution in [0.4, 0.5) is 10.1 Å². The number of benzene rings is 2. The Morgan fingerprint density at radius 2 is 1.83 bits per heavy atom. The Hall–Kier alpha value is -2.22. The standard InChI is InChI=1S/C22H23FN2O3S/c23-20-6-2-5-19-17-3-1-4-18(17)21(24-22(19)20)15-7-9-16(10-8-15)29(26,27)25-11-13-28-14-12-25/h1-3,5-10,17-18,21,24H,4,11-14H2/t17-,18-,21+/m1/s1. The van der Waals surface area contributed by atoms with E-state index < -0.39 is 10.0 Å². The number of morpholine rings is 1. The number of hydrogen-bond donors (Lipinski definition) is 1. The summed E-state index contributed by atoms with van der Waals surface area (Å²) in [6, 6.07) is 12.2. The van der Waals surface area contributed by atoms with Crippen molar-refractivity contribution in [1.82, 2.24) is 4.31 Å². The Morgan fingerprint density at radius 3 is 2.59 bits per heavy atom. The van der Waals surface area contributed by atoms with Crippen LogP contribution in [-0.4, -0.2) is 39.0 Å². The maximum Gasteiger partial charge on any atom is 0.243 e. The van der Waals surface area contributed by atoms with E-state index in [0.717, 1.165) is 17.5 Å². The predicted molar refractivity (Wildman–Crippen MR) is 109 cm³/mol. The summed E-state index contributed by atoms with van der Waals surface area (Å²) in [6.07, 6.45) is 5.22. The third-order valence-electron chi connectivity index (χ3n) is 6.19. The molecule has 2 aromatic carbocycles. The second-order valence-electron chi connectivity index (χ2n) is 7.77. The SMILES string of the molecule is O=S(=O)(c1ccc([C@@H]2Nc3c(F)cccc3[C@@H]3C=CC[C@H]32)cc1)N1CCOCC1. The summed E-state index contributed by atoms with van der Waals surface area (Å²) in [5.41, 5.74) is 2.51. The molecule has 3 atom stereocenters. The molecule has 152 valence electrons. The second-order valence-corrected chi connectivity index (χ2v) is 9.70. The summed E-state index contributed by atoms with van der Waals surface area (Å²) in [7, 11) is -3.52. The van der Waals surface area contributed by atoms with Crippen LogP contribution >= 0.6 is 0 Å². The molecule has 0 aromatic heterocycles. The molecule has 29 heavy (non-hydrogen) atoms.